The molecule has 0 spiro atoms. The monoisotopic (exact) mass is 459 g/mol. The maximum absolute atomic E-state index is 12.7. The van der Waals surface area contributed by atoms with Crippen molar-refractivity contribution in [1.82, 2.24) is 10.6 Å². The first-order chi connectivity index (χ1) is 16.0. The predicted molar refractivity (Wildman–Crippen MR) is 135 cm³/mol. The number of amides is 2. The molecule has 0 unspecified atom stereocenters. The van der Waals surface area contributed by atoms with Gasteiger partial charge in [0, 0.05) is 12.6 Å². The van der Waals surface area contributed by atoms with Crippen LogP contribution >= 0.6 is 12.2 Å². The quantitative estimate of drug-likeness (QED) is 0.340. The average Bonchev–Trinajstić information content (AvgIpc) is 2.83. The van der Waals surface area contributed by atoms with E-state index in [1.807, 2.05) is 61.5 Å². The molecule has 0 saturated carbocycles. The van der Waals surface area contributed by atoms with Crippen LogP contribution in [0.25, 0.3) is 6.08 Å². The molecule has 0 aliphatic rings. The molecule has 0 bridgehead atoms. The van der Waals surface area contributed by atoms with Gasteiger partial charge in [0.05, 0.1) is 17.9 Å². The van der Waals surface area contributed by atoms with E-state index in [0.29, 0.717) is 24.4 Å². The molecule has 168 valence electrons. The number of nitrogens with one attached hydrogen (secondary N) is 3. The molecule has 0 fully saturated rings. The Morgan fingerprint density at radius 1 is 0.939 bits per heavy atom. The van der Waals surface area contributed by atoms with Crippen LogP contribution in [0.5, 0.6) is 5.75 Å². The summed E-state index contributed by atoms with van der Waals surface area (Å²) < 4.78 is 5.40. The van der Waals surface area contributed by atoms with Crippen molar-refractivity contribution >= 4 is 40.9 Å². The smallest absolute Gasteiger partial charge is 0.253 e. The lowest BCUT2D eigenvalue weighted by atomic mass is 10.1. The van der Waals surface area contributed by atoms with Gasteiger partial charge in [0.15, 0.2) is 5.11 Å². The minimum atomic E-state index is -0.382. The number of anilines is 1. The Balaban J connectivity index is 1.55. The van der Waals surface area contributed by atoms with Crippen LogP contribution in [-0.2, 0) is 11.3 Å². The first-order valence-electron chi connectivity index (χ1n) is 10.5. The summed E-state index contributed by atoms with van der Waals surface area (Å²) in [5.74, 6) is 0.148. The van der Waals surface area contributed by atoms with Gasteiger partial charge in [-0.3, -0.25) is 14.9 Å². The van der Waals surface area contributed by atoms with E-state index in [-0.39, 0.29) is 16.9 Å². The van der Waals surface area contributed by atoms with Crippen molar-refractivity contribution in [3.63, 3.8) is 0 Å². The summed E-state index contributed by atoms with van der Waals surface area (Å²) in [4.78, 5) is 24.9. The molecule has 2 amide bonds. The molecule has 0 saturated heterocycles. The molecule has 0 aliphatic carbocycles. The summed E-state index contributed by atoms with van der Waals surface area (Å²) in [7, 11) is 0. The van der Waals surface area contributed by atoms with E-state index in [4.69, 9.17) is 17.0 Å². The molecule has 33 heavy (non-hydrogen) atoms. The van der Waals surface area contributed by atoms with Crippen LogP contribution in [0.2, 0.25) is 0 Å². The number of carbonyl (C=O) groups is 2. The van der Waals surface area contributed by atoms with Gasteiger partial charge in [0.25, 0.3) is 5.91 Å². The van der Waals surface area contributed by atoms with E-state index < -0.39 is 0 Å². The molecule has 3 rings (SSSR count). The van der Waals surface area contributed by atoms with E-state index in [9.17, 15) is 9.59 Å². The molecule has 7 heteroatoms. The van der Waals surface area contributed by atoms with Crippen LogP contribution in [0.15, 0.2) is 84.9 Å². The maximum atomic E-state index is 12.7. The first kappa shape index (κ1) is 23.7. The Labute approximate surface area is 198 Å². The average molecular weight is 460 g/mol. The molecule has 0 aliphatic heterocycles. The highest BCUT2D eigenvalue weighted by Gasteiger charge is 2.12. The Morgan fingerprint density at radius 2 is 1.64 bits per heavy atom. The lowest BCUT2D eigenvalue weighted by Gasteiger charge is -2.13. The van der Waals surface area contributed by atoms with Gasteiger partial charge in [0.1, 0.15) is 5.75 Å². The van der Waals surface area contributed by atoms with E-state index in [1.165, 1.54) is 6.08 Å². The first-order valence-corrected chi connectivity index (χ1v) is 10.9. The van der Waals surface area contributed by atoms with Crippen molar-refractivity contribution in [3.8, 4) is 5.75 Å². The summed E-state index contributed by atoms with van der Waals surface area (Å²) >= 11 is 5.25. The number of rotatable bonds is 8. The summed E-state index contributed by atoms with van der Waals surface area (Å²) in [6.07, 6.45) is 3.07. The van der Waals surface area contributed by atoms with Crippen LogP contribution in [0.3, 0.4) is 0 Å². The van der Waals surface area contributed by atoms with Gasteiger partial charge >= 0.3 is 0 Å². The molecule has 0 aromatic heterocycles. The fourth-order valence-corrected chi connectivity index (χ4v) is 3.19. The lowest BCUT2D eigenvalue weighted by Crippen LogP contribution is -2.33. The van der Waals surface area contributed by atoms with Crippen LogP contribution < -0.4 is 20.7 Å². The Bertz CT molecular complexity index is 1130. The zero-order valence-electron chi connectivity index (χ0n) is 18.2. The minimum Gasteiger partial charge on any atom is -0.494 e. The summed E-state index contributed by atoms with van der Waals surface area (Å²) in [6.45, 7) is 2.93. The number of para-hydroxylation sites is 1. The highest BCUT2D eigenvalue weighted by atomic mass is 32.1. The summed E-state index contributed by atoms with van der Waals surface area (Å²) in [5.41, 5.74) is 2.78. The lowest BCUT2D eigenvalue weighted by molar-refractivity contribution is -0.115. The number of thiocarbonyl (C=S) groups is 1. The largest absolute Gasteiger partial charge is 0.494 e. The van der Waals surface area contributed by atoms with E-state index in [2.05, 4.69) is 16.0 Å². The number of hydrogen-bond acceptors (Lipinski definition) is 4. The topological polar surface area (TPSA) is 79.5 Å². The number of benzene rings is 3. The molecule has 3 aromatic rings. The van der Waals surface area contributed by atoms with Crippen molar-refractivity contribution in [2.75, 3.05) is 11.9 Å². The second-order valence-corrected chi connectivity index (χ2v) is 7.40. The molecule has 6 nitrogen and oxygen atoms in total. The Kier molecular flexibility index (Phi) is 8.73. The minimum absolute atomic E-state index is 0.0969. The maximum Gasteiger partial charge on any atom is 0.253 e. The molecule has 0 radical (unpaired) electrons. The standard InChI is InChI=1S/C26H25N3O3S/c1-2-32-21-15-12-19(13-16-21)14-17-24(30)29-26(33)28-23-11-7-6-10-22(23)25(31)27-18-20-8-4-3-5-9-20/h3-17H,2,18H2,1H3,(H,27,31)(H2,28,29,30,33)/b17-14+. The number of ether oxygens (including phenoxy) is 1. The third-order valence-corrected chi connectivity index (χ3v) is 4.77. The zero-order chi connectivity index (χ0) is 23.5. The van der Waals surface area contributed by atoms with Crippen LogP contribution in [-0.4, -0.2) is 23.5 Å². The van der Waals surface area contributed by atoms with E-state index in [1.54, 1.807) is 30.3 Å². The highest BCUT2D eigenvalue weighted by molar-refractivity contribution is 7.80. The van der Waals surface area contributed by atoms with Gasteiger partial charge < -0.3 is 15.4 Å². The molecular formula is C26H25N3O3S. The molecule has 0 heterocycles. The van der Waals surface area contributed by atoms with Gasteiger partial charge in [-0.1, -0.05) is 54.6 Å². The summed E-state index contributed by atoms with van der Waals surface area (Å²) in [6, 6.07) is 24.0. The number of hydrogen-bond donors (Lipinski definition) is 3. The van der Waals surface area contributed by atoms with Gasteiger partial charge in [-0.05, 0) is 60.6 Å². The van der Waals surface area contributed by atoms with Crippen LogP contribution in [0.4, 0.5) is 5.69 Å². The van der Waals surface area contributed by atoms with Crippen molar-refractivity contribution in [3.05, 3.63) is 102 Å². The van der Waals surface area contributed by atoms with Crippen molar-refractivity contribution in [1.29, 1.82) is 0 Å². The van der Waals surface area contributed by atoms with Crippen molar-refractivity contribution in [2.24, 2.45) is 0 Å². The van der Waals surface area contributed by atoms with Crippen molar-refractivity contribution in [2.45, 2.75) is 13.5 Å². The SMILES string of the molecule is CCOc1ccc(/C=C/C(=O)NC(=S)Nc2ccccc2C(=O)NCc2ccccc2)cc1. The van der Waals surface area contributed by atoms with Crippen molar-refractivity contribution < 1.29 is 14.3 Å². The van der Waals surface area contributed by atoms with Gasteiger partial charge in [-0.15, -0.1) is 0 Å². The fourth-order valence-electron chi connectivity index (χ4n) is 2.98. The third kappa shape index (κ3) is 7.59. The molecule has 3 N–H and O–H groups in total. The Hall–Kier alpha value is -3.97. The molecule has 0 atom stereocenters. The molecular weight excluding hydrogens is 434 g/mol. The van der Waals surface area contributed by atoms with Gasteiger partial charge in [0.2, 0.25) is 5.91 Å². The second-order valence-electron chi connectivity index (χ2n) is 6.99. The van der Waals surface area contributed by atoms with E-state index >= 15 is 0 Å². The zero-order valence-corrected chi connectivity index (χ0v) is 19.0. The highest BCUT2D eigenvalue weighted by Crippen LogP contribution is 2.15. The Morgan fingerprint density at radius 3 is 2.36 bits per heavy atom. The van der Waals surface area contributed by atoms with Gasteiger partial charge in [-0.2, -0.15) is 0 Å². The van der Waals surface area contributed by atoms with E-state index in [0.717, 1.165) is 16.9 Å². The van der Waals surface area contributed by atoms with Crippen LogP contribution in [0.1, 0.15) is 28.4 Å². The fraction of sp³-hybridized carbons (Fsp3) is 0.115. The molecule has 3 aromatic carbocycles. The second kappa shape index (κ2) is 12.2. The van der Waals surface area contributed by atoms with Crippen LogP contribution in [0, 0.1) is 0 Å². The third-order valence-electron chi connectivity index (χ3n) is 4.57. The predicted octanol–water partition coefficient (Wildman–Crippen LogP) is 4.54. The number of carbonyl (C=O) groups excluding carboxylic acids is 2. The summed E-state index contributed by atoms with van der Waals surface area (Å²) in [5, 5.41) is 8.51. The van der Waals surface area contributed by atoms with Gasteiger partial charge in [-0.25, -0.2) is 0 Å². The normalized spacial score (nSPS) is 10.5.